The van der Waals surface area contributed by atoms with E-state index in [9.17, 15) is 14.4 Å². The normalized spacial score (nSPS) is 12.7. The summed E-state index contributed by atoms with van der Waals surface area (Å²) in [4.78, 5) is 37.4. The average Bonchev–Trinajstić information content (AvgIpc) is 2.69. The lowest BCUT2D eigenvalue weighted by Gasteiger charge is -2.23. The van der Waals surface area contributed by atoms with Gasteiger partial charge in [-0.2, -0.15) is 0 Å². The molecule has 0 aliphatic carbocycles. The minimum atomic E-state index is -0.869. The van der Waals surface area contributed by atoms with Crippen LogP contribution in [0.1, 0.15) is 47.5 Å². The predicted molar refractivity (Wildman–Crippen MR) is 123 cm³/mol. The Kier molecular flexibility index (Phi) is 6.87. The third-order valence-electron chi connectivity index (χ3n) is 4.82. The van der Waals surface area contributed by atoms with Crippen LogP contribution < -0.4 is 15.7 Å². The van der Waals surface area contributed by atoms with Crippen LogP contribution in [0.25, 0.3) is 21.7 Å². The van der Waals surface area contributed by atoms with Gasteiger partial charge in [0.05, 0.1) is 5.39 Å². The fourth-order valence-electron chi connectivity index (χ4n) is 3.31. The van der Waals surface area contributed by atoms with Crippen LogP contribution >= 0.6 is 0 Å². The summed E-state index contributed by atoms with van der Waals surface area (Å²) in [5.74, 6) is -0.0468. The first-order valence-corrected chi connectivity index (χ1v) is 10.7. The van der Waals surface area contributed by atoms with Gasteiger partial charge in [0, 0.05) is 11.5 Å². The summed E-state index contributed by atoms with van der Waals surface area (Å²) < 4.78 is 16.2. The molecule has 0 bridgehead atoms. The van der Waals surface area contributed by atoms with E-state index in [1.54, 1.807) is 45.0 Å². The number of carbonyl (C=O) groups is 2. The molecule has 0 radical (unpaired) electrons. The molecule has 3 aromatic rings. The number of fused-ring (bicyclic) bond motifs is 3. The van der Waals surface area contributed by atoms with Crippen molar-refractivity contribution in [1.82, 2.24) is 5.32 Å². The number of ether oxygens (including phenoxy) is 2. The number of alkyl carbamates (subject to hydrolysis) is 1. The molecule has 1 unspecified atom stereocenters. The molecule has 0 saturated carbocycles. The molecule has 1 N–H and O–H groups in total. The van der Waals surface area contributed by atoms with Crippen molar-refractivity contribution in [2.75, 3.05) is 0 Å². The Morgan fingerprint density at radius 2 is 1.69 bits per heavy atom. The molecule has 0 fully saturated rings. The molecule has 1 aromatic heterocycles. The largest absolute Gasteiger partial charge is 0.444 e. The molecular weight excluding hydrogens is 410 g/mol. The highest BCUT2D eigenvalue weighted by Crippen LogP contribution is 2.26. The Morgan fingerprint density at radius 1 is 1.00 bits per heavy atom. The molecule has 1 amide bonds. The van der Waals surface area contributed by atoms with Crippen molar-refractivity contribution >= 4 is 33.8 Å². The van der Waals surface area contributed by atoms with E-state index >= 15 is 0 Å². The fourth-order valence-corrected chi connectivity index (χ4v) is 3.31. The van der Waals surface area contributed by atoms with Crippen LogP contribution in [0.3, 0.4) is 0 Å². The summed E-state index contributed by atoms with van der Waals surface area (Å²) in [6, 6.07) is 11.2. The van der Waals surface area contributed by atoms with Gasteiger partial charge < -0.3 is 19.2 Å². The smallest absolute Gasteiger partial charge is 0.408 e. The second kappa shape index (κ2) is 9.42. The first-order valence-electron chi connectivity index (χ1n) is 10.7. The molecule has 0 aliphatic heterocycles. The lowest BCUT2D eigenvalue weighted by Crippen LogP contribution is -2.45. The number of hydrogen-bond acceptors (Lipinski definition) is 6. The maximum absolute atomic E-state index is 12.9. The number of benzene rings is 2. The summed E-state index contributed by atoms with van der Waals surface area (Å²) in [6.07, 6.45) is 0.441. The van der Waals surface area contributed by atoms with Crippen LogP contribution in [-0.2, 0) is 9.53 Å². The van der Waals surface area contributed by atoms with Gasteiger partial charge in [0.2, 0.25) is 0 Å². The van der Waals surface area contributed by atoms with Gasteiger partial charge in [0.15, 0.2) is 0 Å². The molecule has 1 atom stereocenters. The van der Waals surface area contributed by atoms with Crippen molar-refractivity contribution < 1.29 is 23.5 Å². The van der Waals surface area contributed by atoms with Crippen LogP contribution in [-0.4, -0.2) is 23.7 Å². The fraction of sp³-hybridized carbons (Fsp3) is 0.400. The molecule has 0 aliphatic rings. The quantitative estimate of drug-likeness (QED) is 0.246. The lowest BCUT2D eigenvalue weighted by atomic mass is 10.0. The maximum Gasteiger partial charge on any atom is 0.408 e. The average molecular weight is 440 g/mol. The SMILES string of the molecule is CC(C)CCC(NC(=O)OC(C)(C)C)C(=O)Oc1ccc2c(c1)oc(=O)c1ccccc12. The van der Waals surface area contributed by atoms with Gasteiger partial charge >= 0.3 is 17.7 Å². The number of nitrogens with one attached hydrogen (secondary N) is 1. The second-order valence-corrected chi connectivity index (χ2v) is 9.18. The van der Waals surface area contributed by atoms with E-state index in [2.05, 4.69) is 5.32 Å². The number of rotatable bonds is 6. The molecule has 0 spiro atoms. The highest BCUT2D eigenvalue weighted by atomic mass is 16.6. The summed E-state index contributed by atoms with van der Waals surface area (Å²) >= 11 is 0. The van der Waals surface area contributed by atoms with Gasteiger partial charge in [-0.15, -0.1) is 0 Å². The Hall–Kier alpha value is -3.35. The van der Waals surface area contributed by atoms with E-state index in [-0.39, 0.29) is 5.75 Å². The number of amides is 1. The minimum Gasteiger partial charge on any atom is -0.444 e. The standard InChI is InChI=1S/C25H29NO6/c1-15(2)10-13-20(26-24(29)32-25(3,4)5)23(28)30-16-11-12-18-17-8-6-7-9-19(17)22(27)31-21(18)14-16/h6-9,11-12,14-15,20H,10,13H2,1-5H3,(H,26,29). The molecule has 170 valence electrons. The van der Waals surface area contributed by atoms with Crippen LogP contribution in [0, 0.1) is 5.92 Å². The molecule has 1 heterocycles. The highest BCUT2D eigenvalue weighted by molar-refractivity contribution is 6.04. The zero-order valence-electron chi connectivity index (χ0n) is 19.1. The van der Waals surface area contributed by atoms with Crippen LogP contribution in [0.15, 0.2) is 51.7 Å². The van der Waals surface area contributed by atoms with E-state index < -0.39 is 29.3 Å². The van der Waals surface area contributed by atoms with Crippen molar-refractivity contribution in [1.29, 1.82) is 0 Å². The molecular formula is C25H29NO6. The Balaban J connectivity index is 1.83. The summed E-state index contributed by atoms with van der Waals surface area (Å²) in [6.45, 7) is 9.32. The topological polar surface area (TPSA) is 94.8 Å². The van der Waals surface area contributed by atoms with E-state index in [1.807, 2.05) is 26.0 Å². The van der Waals surface area contributed by atoms with Gasteiger partial charge in [-0.25, -0.2) is 14.4 Å². The van der Waals surface area contributed by atoms with Crippen molar-refractivity contribution in [3.05, 3.63) is 52.9 Å². The van der Waals surface area contributed by atoms with Gasteiger partial charge in [0.1, 0.15) is 23.0 Å². The number of hydrogen-bond donors (Lipinski definition) is 1. The number of carbonyl (C=O) groups excluding carboxylic acids is 2. The predicted octanol–water partition coefficient (Wildman–Crippen LogP) is 5.18. The van der Waals surface area contributed by atoms with Crippen LogP contribution in [0.4, 0.5) is 4.79 Å². The Bertz CT molecular complexity index is 1190. The Labute approximate surface area is 186 Å². The summed E-state index contributed by atoms with van der Waals surface area (Å²) in [5.41, 5.74) is -0.828. The first kappa shape index (κ1) is 23.3. The number of esters is 1. The molecule has 0 saturated heterocycles. The Morgan fingerprint density at radius 3 is 2.34 bits per heavy atom. The van der Waals surface area contributed by atoms with Gasteiger partial charge in [0.25, 0.3) is 0 Å². The summed E-state index contributed by atoms with van der Waals surface area (Å²) in [5, 5.41) is 4.60. The maximum atomic E-state index is 12.9. The summed E-state index contributed by atoms with van der Waals surface area (Å²) in [7, 11) is 0. The third-order valence-corrected chi connectivity index (χ3v) is 4.82. The van der Waals surface area contributed by atoms with Crippen LogP contribution in [0.5, 0.6) is 5.75 Å². The molecule has 3 rings (SSSR count). The molecule has 32 heavy (non-hydrogen) atoms. The lowest BCUT2D eigenvalue weighted by molar-refractivity contribution is -0.137. The van der Waals surface area contributed by atoms with E-state index in [1.165, 1.54) is 6.07 Å². The van der Waals surface area contributed by atoms with Gasteiger partial charge in [-0.05, 0) is 63.1 Å². The van der Waals surface area contributed by atoms with Crippen LogP contribution in [0.2, 0.25) is 0 Å². The molecule has 7 heteroatoms. The van der Waals surface area contributed by atoms with Crippen molar-refractivity contribution in [3.8, 4) is 5.75 Å². The van der Waals surface area contributed by atoms with Gasteiger partial charge in [-0.3, -0.25) is 0 Å². The molecule has 2 aromatic carbocycles. The zero-order chi connectivity index (χ0) is 23.5. The third kappa shape index (κ3) is 5.87. The zero-order valence-corrected chi connectivity index (χ0v) is 19.1. The van der Waals surface area contributed by atoms with Crippen molar-refractivity contribution in [3.63, 3.8) is 0 Å². The van der Waals surface area contributed by atoms with E-state index in [0.29, 0.717) is 29.7 Å². The first-order chi connectivity index (χ1) is 15.0. The second-order valence-electron chi connectivity index (χ2n) is 9.18. The van der Waals surface area contributed by atoms with Crippen molar-refractivity contribution in [2.24, 2.45) is 5.92 Å². The highest BCUT2D eigenvalue weighted by Gasteiger charge is 2.26. The van der Waals surface area contributed by atoms with Gasteiger partial charge in [-0.1, -0.05) is 32.0 Å². The van der Waals surface area contributed by atoms with E-state index in [0.717, 1.165) is 10.8 Å². The van der Waals surface area contributed by atoms with Crippen molar-refractivity contribution in [2.45, 2.75) is 59.1 Å². The molecule has 7 nitrogen and oxygen atoms in total. The monoisotopic (exact) mass is 439 g/mol. The minimum absolute atomic E-state index is 0.224. The van der Waals surface area contributed by atoms with E-state index in [4.69, 9.17) is 13.9 Å².